The Morgan fingerprint density at radius 3 is 2.31 bits per heavy atom. The molecule has 1 aromatic carbocycles. The molecule has 0 bridgehead atoms. The second-order valence-electron chi connectivity index (χ2n) is 5.87. The maximum Gasteiger partial charge on any atom is 0.442 e. The predicted octanol–water partition coefficient (Wildman–Crippen LogP) is 0.863. The molecule has 12 nitrogen and oxygen atoms in total. The third-order valence-electron chi connectivity index (χ3n) is 4.04. The number of nitro benzene ring substituents is 1. The second-order valence-corrected chi connectivity index (χ2v) is 5.87. The van der Waals surface area contributed by atoms with Gasteiger partial charge in [0, 0.05) is 11.6 Å². The highest BCUT2D eigenvalue weighted by Gasteiger charge is 2.65. The number of nitro groups is 1. The molecule has 1 atom stereocenters. The van der Waals surface area contributed by atoms with Crippen molar-refractivity contribution in [2.45, 2.75) is 30.8 Å². The van der Waals surface area contributed by atoms with Crippen molar-refractivity contribution in [2.75, 3.05) is 0 Å². The molecule has 0 aliphatic carbocycles. The summed E-state index contributed by atoms with van der Waals surface area (Å²) in [5.41, 5.74) is -1.24. The van der Waals surface area contributed by atoms with Gasteiger partial charge in [-0.15, -0.1) is 10.2 Å². The Hall–Kier alpha value is -3.62. The minimum atomic E-state index is -4.96. The molecule has 4 N–H and O–H groups in total. The third kappa shape index (κ3) is 3.71. The molecule has 0 fully saturated rings. The van der Waals surface area contributed by atoms with Crippen LogP contribution in [0.4, 0.5) is 18.9 Å². The van der Waals surface area contributed by atoms with Crippen molar-refractivity contribution in [1.82, 2.24) is 5.48 Å². The summed E-state index contributed by atoms with van der Waals surface area (Å²) in [5, 5.41) is 25.8. The molecule has 29 heavy (non-hydrogen) atoms. The smallest absolute Gasteiger partial charge is 0.442 e. The summed E-state index contributed by atoms with van der Waals surface area (Å²) in [6, 6.07) is 1.89. The summed E-state index contributed by atoms with van der Waals surface area (Å²) in [5.74, 6) is -4.78. The molecule has 15 heteroatoms. The van der Waals surface area contributed by atoms with E-state index < -0.39 is 63.4 Å². The lowest BCUT2D eigenvalue weighted by Crippen LogP contribution is -2.56. The number of halogens is 3. The topological polar surface area (TPSA) is 187 Å². The second kappa shape index (κ2) is 7.08. The molecule has 0 radical (unpaired) electrons. The lowest BCUT2D eigenvalue weighted by molar-refractivity contribution is -0.386. The maximum absolute atomic E-state index is 13.1. The van der Waals surface area contributed by atoms with Crippen LogP contribution >= 0.6 is 0 Å². The number of ketones is 1. The standard InChI is InChI=1S/C14H12F3N5O7/c1-6(23)12(11(18)25,5-10(24)19-26)29-9-3-2-7(4-8(9)22(27)28)13(20-21-13)14(15,16)17/h2-4,26H,5H2,1H3,(H2,18,25)(H,19,24). The number of rotatable bonds is 8. The van der Waals surface area contributed by atoms with Crippen LogP contribution in [0.5, 0.6) is 5.75 Å². The zero-order valence-corrected chi connectivity index (χ0v) is 14.4. The zero-order valence-electron chi connectivity index (χ0n) is 14.4. The summed E-state index contributed by atoms with van der Waals surface area (Å²) in [4.78, 5) is 45.5. The number of hydrogen-bond acceptors (Lipinski definition) is 9. The lowest BCUT2D eigenvalue weighted by atomic mass is 9.93. The highest BCUT2D eigenvalue weighted by Crippen LogP contribution is 2.53. The summed E-state index contributed by atoms with van der Waals surface area (Å²) < 4.78 is 44.4. The van der Waals surface area contributed by atoms with Crippen LogP contribution < -0.4 is 16.0 Å². The lowest BCUT2D eigenvalue weighted by Gasteiger charge is -2.28. The molecule has 0 spiro atoms. The molecule has 2 amide bonds. The van der Waals surface area contributed by atoms with Gasteiger partial charge in [-0.2, -0.15) is 13.2 Å². The number of amides is 2. The number of nitrogens with one attached hydrogen (secondary N) is 1. The van der Waals surface area contributed by atoms with E-state index in [0.29, 0.717) is 12.1 Å². The average molecular weight is 419 g/mol. The van der Waals surface area contributed by atoms with Crippen LogP contribution in [-0.4, -0.2) is 39.5 Å². The summed E-state index contributed by atoms with van der Waals surface area (Å²) in [6.45, 7) is 0.788. The monoisotopic (exact) mass is 419 g/mol. The molecule has 1 aliphatic heterocycles. The van der Waals surface area contributed by atoms with Crippen LogP contribution in [0.2, 0.25) is 0 Å². The van der Waals surface area contributed by atoms with Gasteiger partial charge in [0.15, 0.2) is 11.5 Å². The first-order valence-corrected chi connectivity index (χ1v) is 7.53. The Kier molecular flexibility index (Phi) is 5.29. The van der Waals surface area contributed by atoms with Crippen molar-refractivity contribution in [2.24, 2.45) is 16.0 Å². The fourth-order valence-electron chi connectivity index (χ4n) is 2.40. The molecule has 0 saturated carbocycles. The van der Waals surface area contributed by atoms with E-state index in [1.807, 2.05) is 0 Å². The summed E-state index contributed by atoms with van der Waals surface area (Å²) >= 11 is 0. The average Bonchev–Trinajstić information content (AvgIpc) is 3.42. The molecular formula is C14H12F3N5O7. The van der Waals surface area contributed by atoms with Gasteiger partial charge in [0.25, 0.3) is 11.5 Å². The number of hydroxylamine groups is 1. The van der Waals surface area contributed by atoms with E-state index in [1.165, 1.54) is 0 Å². The molecule has 1 aliphatic rings. The first-order chi connectivity index (χ1) is 13.3. The molecule has 0 saturated heterocycles. The van der Waals surface area contributed by atoms with Crippen molar-refractivity contribution in [3.05, 3.63) is 33.9 Å². The number of nitrogens with zero attached hydrogens (tertiary/aromatic N) is 3. The van der Waals surface area contributed by atoms with Gasteiger partial charge in [0.05, 0.1) is 11.3 Å². The Morgan fingerprint density at radius 2 is 1.93 bits per heavy atom. The summed E-state index contributed by atoms with van der Waals surface area (Å²) in [6.07, 6.45) is -6.11. The number of benzene rings is 1. The van der Waals surface area contributed by atoms with Crippen LogP contribution in [0.15, 0.2) is 28.4 Å². The molecular weight excluding hydrogens is 407 g/mol. The van der Waals surface area contributed by atoms with Crippen molar-refractivity contribution >= 4 is 23.3 Å². The number of Topliss-reactive ketones (excluding diaryl/α,β-unsaturated/α-hetero) is 1. The molecule has 1 heterocycles. The third-order valence-corrected chi connectivity index (χ3v) is 4.04. The number of nitrogens with two attached hydrogens (primary N) is 1. The largest absolute Gasteiger partial charge is 0.462 e. The minimum absolute atomic E-state index is 0.459. The van der Waals surface area contributed by atoms with Gasteiger partial charge in [-0.1, -0.05) is 0 Å². The number of hydrogen-bond donors (Lipinski definition) is 3. The Bertz CT molecular complexity index is 911. The van der Waals surface area contributed by atoms with Crippen molar-refractivity contribution < 1.29 is 42.4 Å². The van der Waals surface area contributed by atoms with Crippen LogP contribution in [0.25, 0.3) is 0 Å². The van der Waals surface area contributed by atoms with Gasteiger partial charge >= 0.3 is 17.5 Å². The molecule has 156 valence electrons. The normalized spacial score (nSPS) is 16.4. The van der Waals surface area contributed by atoms with E-state index in [-0.39, 0.29) is 0 Å². The van der Waals surface area contributed by atoms with Crippen LogP contribution in [0.3, 0.4) is 0 Å². The molecule has 2 rings (SSSR count). The van der Waals surface area contributed by atoms with Crippen LogP contribution in [0, 0.1) is 10.1 Å². The van der Waals surface area contributed by atoms with Gasteiger partial charge < -0.3 is 10.5 Å². The SMILES string of the molecule is CC(=O)C(CC(=O)NO)(Oc1ccc(C2(C(F)(F)F)N=N2)cc1[N+](=O)[O-])C(N)=O. The van der Waals surface area contributed by atoms with Crippen molar-refractivity contribution in [3.8, 4) is 5.75 Å². The molecule has 1 unspecified atom stereocenters. The van der Waals surface area contributed by atoms with E-state index in [4.69, 9.17) is 15.7 Å². The van der Waals surface area contributed by atoms with Gasteiger partial charge in [0.1, 0.15) is 0 Å². The Labute approximate surface area is 158 Å². The van der Waals surface area contributed by atoms with Crippen LogP contribution in [-0.2, 0) is 20.0 Å². The van der Waals surface area contributed by atoms with Gasteiger partial charge in [-0.25, -0.2) is 5.48 Å². The quantitative estimate of drug-likeness (QED) is 0.241. The van der Waals surface area contributed by atoms with E-state index in [2.05, 4.69) is 10.2 Å². The van der Waals surface area contributed by atoms with E-state index in [9.17, 15) is 37.7 Å². The van der Waals surface area contributed by atoms with E-state index >= 15 is 0 Å². The summed E-state index contributed by atoms with van der Waals surface area (Å²) in [7, 11) is 0. The number of ether oxygens (including phenoxy) is 1. The number of primary amides is 1. The fourth-order valence-corrected chi connectivity index (χ4v) is 2.40. The van der Waals surface area contributed by atoms with Gasteiger partial charge in [-0.3, -0.25) is 29.7 Å². The van der Waals surface area contributed by atoms with Crippen molar-refractivity contribution in [3.63, 3.8) is 0 Å². The number of carbonyl (C=O) groups excluding carboxylic acids is 3. The number of carbonyl (C=O) groups is 3. The maximum atomic E-state index is 13.1. The highest BCUT2D eigenvalue weighted by molar-refractivity contribution is 6.11. The van der Waals surface area contributed by atoms with E-state index in [1.54, 1.807) is 0 Å². The first kappa shape index (κ1) is 21.7. The van der Waals surface area contributed by atoms with Gasteiger partial charge in [-0.05, 0) is 19.1 Å². The zero-order chi connectivity index (χ0) is 22.2. The first-order valence-electron chi connectivity index (χ1n) is 7.53. The Morgan fingerprint density at radius 1 is 1.34 bits per heavy atom. The van der Waals surface area contributed by atoms with Gasteiger partial charge in [0.2, 0.25) is 5.91 Å². The van der Waals surface area contributed by atoms with Crippen molar-refractivity contribution in [1.29, 1.82) is 0 Å². The Balaban J connectivity index is 2.55. The fraction of sp³-hybridized carbons (Fsp3) is 0.357. The predicted molar refractivity (Wildman–Crippen MR) is 83.5 cm³/mol. The molecule has 0 aromatic heterocycles. The number of alkyl halides is 3. The molecule has 1 aromatic rings. The highest BCUT2D eigenvalue weighted by atomic mass is 19.4. The minimum Gasteiger partial charge on any atom is -0.462 e. The van der Waals surface area contributed by atoms with Crippen LogP contribution in [0.1, 0.15) is 18.9 Å². The van der Waals surface area contributed by atoms with E-state index in [0.717, 1.165) is 18.5 Å².